The molecule has 0 unspecified atom stereocenters. The number of benzene rings is 4. The molecule has 2 aliphatic heterocycles. The van der Waals surface area contributed by atoms with E-state index in [9.17, 15) is 5.21 Å². The maximum atomic E-state index is 10.3. The van der Waals surface area contributed by atoms with Gasteiger partial charge in [0.05, 0.1) is 13.2 Å². The van der Waals surface area contributed by atoms with Gasteiger partial charge >= 0.3 is 0 Å². The van der Waals surface area contributed by atoms with Gasteiger partial charge in [-0.05, 0) is 36.1 Å². The Kier molecular flexibility index (Phi) is 8.20. The van der Waals surface area contributed by atoms with Gasteiger partial charge in [-0.2, -0.15) is 0 Å². The molecule has 0 bridgehead atoms. The van der Waals surface area contributed by atoms with Gasteiger partial charge in [0.25, 0.3) is 0 Å². The molecule has 2 heterocycles. The number of nitrogens with zero attached hydrogens (tertiary/aromatic N) is 1. The normalized spacial score (nSPS) is 23.5. The molecule has 4 aromatic rings. The van der Waals surface area contributed by atoms with Crippen molar-refractivity contribution in [1.29, 1.82) is 0 Å². The van der Waals surface area contributed by atoms with Gasteiger partial charge in [-0.1, -0.05) is 126 Å². The molecule has 2 fully saturated rings. The average molecular weight is 566 g/mol. The molecule has 7 heteroatoms. The average Bonchev–Trinajstić information content (AvgIpc) is 3.53. The zero-order valence-electron chi connectivity index (χ0n) is 23.7. The third-order valence-corrected chi connectivity index (χ3v) is 7.70. The first-order chi connectivity index (χ1) is 20.5. The lowest BCUT2D eigenvalue weighted by Crippen LogP contribution is -2.41. The second-order valence-corrected chi connectivity index (χ2v) is 10.9. The summed E-state index contributed by atoms with van der Waals surface area (Å²) in [6.07, 6.45) is -2.52. The van der Waals surface area contributed by atoms with E-state index in [0.717, 1.165) is 22.3 Å². The van der Waals surface area contributed by atoms with E-state index in [4.69, 9.17) is 23.7 Å². The summed E-state index contributed by atoms with van der Waals surface area (Å²) in [7, 11) is 0. The summed E-state index contributed by atoms with van der Waals surface area (Å²) in [5.41, 5.74) is 3.12. The van der Waals surface area contributed by atoms with Crippen LogP contribution in [-0.2, 0) is 35.9 Å². The molecule has 0 aliphatic carbocycles. The largest absolute Gasteiger partial charge is 0.411 e. The van der Waals surface area contributed by atoms with Crippen molar-refractivity contribution >= 4 is 5.71 Å². The van der Waals surface area contributed by atoms with Gasteiger partial charge in [0.15, 0.2) is 12.1 Å². The Morgan fingerprint density at radius 3 is 1.71 bits per heavy atom. The van der Waals surface area contributed by atoms with E-state index in [1.54, 1.807) is 0 Å². The third kappa shape index (κ3) is 5.62. The van der Waals surface area contributed by atoms with Gasteiger partial charge in [-0.3, -0.25) is 0 Å². The van der Waals surface area contributed by atoms with Crippen LogP contribution in [0.25, 0.3) is 0 Å². The SMILES string of the molecule is CC1(C)O[C@@H]2[C@@H](O1)[C@@H](OCc1ccccc1)O[C@@H]2/C(COC(c1ccccc1)(c1ccccc1)c1ccccc1)=N\O. The highest BCUT2D eigenvalue weighted by Crippen LogP contribution is 2.42. The Balaban J connectivity index is 1.31. The highest BCUT2D eigenvalue weighted by molar-refractivity contribution is 5.90. The van der Waals surface area contributed by atoms with Crippen LogP contribution in [0.15, 0.2) is 126 Å². The van der Waals surface area contributed by atoms with Gasteiger partial charge in [0, 0.05) is 0 Å². The predicted octanol–water partition coefficient (Wildman–Crippen LogP) is 6.29. The van der Waals surface area contributed by atoms with Crippen LogP contribution < -0.4 is 0 Å². The van der Waals surface area contributed by atoms with E-state index in [0.29, 0.717) is 6.61 Å². The fraction of sp³-hybridized carbons (Fsp3) is 0.286. The Bertz CT molecular complexity index is 1370. The Hall–Kier alpha value is -3.85. The highest BCUT2D eigenvalue weighted by Gasteiger charge is 2.57. The number of hydrogen-bond acceptors (Lipinski definition) is 7. The van der Waals surface area contributed by atoms with Crippen molar-refractivity contribution in [2.24, 2.45) is 5.16 Å². The molecule has 7 nitrogen and oxygen atoms in total. The van der Waals surface area contributed by atoms with E-state index in [-0.39, 0.29) is 12.3 Å². The molecule has 216 valence electrons. The molecule has 0 saturated carbocycles. The van der Waals surface area contributed by atoms with Crippen LogP contribution in [0.5, 0.6) is 0 Å². The van der Waals surface area contributed by atoms with E-state index in [1.165, 1.54) is 0 Å². The smallest absolute Gasteiger partial charge is 0.187 e. The second-order valence-electron chi connectivity index (χ2n) is 10.9. The van der Waals surface area contributed by atoms with Crippen molar-refractivity contribution < 1.29 is 28.9 Å². The maximum Gasteiger partial charge on any atom is 0.187 e. The lowest BCUT2D eigenvalue weighted by Gasteiger charge is -2.36. The maximum absolute atomic E-state index is 10.3. The van der Waals surface area contributed by atoms with Crippen molar-refractivity contribution in [2.75, 3.05) is 6.61 Å². The van der Waals surface area contributed by atoms with Crippen LogP contribution >= 0.6 is 0 Å². The highest BCUT2D eigenvalue weighted by atomic mass is 16.8. The fourth-order valence-electron chi connectivity index (χ4n) is 5.83. The summed E-state index contributed by atoms with van der Waals surface area (Å²) in [5, 5.41) is 14.0. The first-order valence-electron chi connectivity index (χ1n) is 14.2. The zero-order valence-corrected chi connectivity index (χ0v) is 23.7. The Labute approximate surface area is 246 Å². The first kappa shape index (κ1) is 28.3. The second kappa shape index (κ2) is 12.2. The summed E-state index contributed by atoms with van der Waals surface area (Å²) in [5.74, 6) is -0.852. The molecule has 42 heavy (non-hydrogen) atoms. The van der Waals surface area contributed by atoms with E-state index < -0.39 is 36.0 Å². The molecular weight excluding hydrogens is 530 g/mol. The molecule has 0 amide bonds. The minimum absolute atomic E-state index is 0.0434. The van der Waals surface area contributed by atoms with Crippen LogP contribution in [0.3, 0.4) is 0 Å². The van der Waals surface area contributed by atoms with Crippen LogP contribution in [0.2, 0.25) is 0 Å². The van der Waals surface area contributed by atoms with Crippen LogP contribution in [0, 0.1) is 0 Å². The van der Waals surface area contributed by atoms with Crippen LogP contribution in [-0.4, -0.2) is 47.9 Å². The molecule has 1 N–H and O–H groups in total. The van der Waals surface area contributed by atoms with Crippen molar-refractivity contribution in [3.63, 3.8) is 0 Å². The fourth-order valence-corrected chi connectivity index (χ4v) is 5.83. The van der Waals surface area contributed by atoms with Crippen LogP contribution in [0.4, 0.5) is 0 Å². The standard InChI is InChI=1S/C35H35NO6/c1-34(2)41-31-30(40-33(32(31)42-34)38-23-25-15-7-3-8-16-25)29(36-37)24-39-35(26-17-9-4-10-18-26,27-19-11-5-12-20-27)28-21-13-6-14-22-28/h3-22,30-33,37H,23-24H2,1-2H3/b36-29-/t30-,31+,32-,33+/m1/s1. The van der Waals surface area contributed by atoms with Crippen molar-refractivity contribution in [3.05, 3.63) is 144 Å². The molecule has 4 atom stereocenters. The number of fused-ring (bicyclic) bond motifs is 1. The van der Waals surface area contributed by atoms with E-state index >= 15 is 0 Å². The van der Waals surface area contributed by atoms with Crippen molar-refractivity contribution in [3.8, 4) is 0 Å². The van der Waals surface area contributed by atoms with Gasteiger partial charge in [-0.25, -0.2) is 0 Å². The van der Waals surface area contributed by atoms with Gasteiger partial charge in [-0.15, -0.1) is 0 Å². The van der Waals surface area contributed by atoms with Gasteiger partial charge in [0.1, 0.15) is 29.6 Å². The molecule has 4 aromatic carbocycles. The topological polar surface area (TPSA) is 78.7 Å². The zero-order chi connectivity index (χ0) is 29.0. The van der Waals surface area contributed by atoms with Crippen molar-refractivity contribution in [2.45, 2.75) is 56.4 Å². The molecule has 0 radical (unpaired) electrons. The molecule has 2 aliphatic rings. The van der Waals surface area contributed by atoms with E-state index in [2.05, 4.69) is 5.16 Å². The van der Waals surface area contributed by atoms with Crippen LogP contribution in [0.1, 0.15) is 36.1 Å². The summed E-state index contributed by atoms with van der Waals surface area (Å²) < 4.78 is 31.9. The summed E-state index contributed by atoms with van der Waals surface area (Å²) in [6, 6.07) is 40.0. The lowest BCUT2D eigenvalue weighted by molar-refractivity contribution is -0.229. The Morgan fingerprint density at radius 2 is 1.21 bits per heavy atom. The van der Waals surface area contributed by atoms with E-state index in [1.807, 2.05) is 135 Å². The molecule has 0 spiro atoms. The molecular formula is C35H35NO6. The van der Waals surface area contributed by atoms with Gasteiger partial charge < -0.3 is 28.9 Å². The monoisotopic (exact) mass is 565 g/mol. The summed E-state index contributed by atoms with van der Waals surface area (Å²) >= 11 is 0. The first-order valence-corrected chi connectivity index (χ1v) is 14.2. The third-order valence-electron chi connectivity index (χ3n) is 7.70. The molecule has 0 aromatic heterocycles. The summed E-state index contributed by atoms with van der Waals surface area (Å²) in [4.78, 5) is 0. The number of rotatable bonds is 10. The number of hydrogen-bond donors (Lipinski definition) is 1. The number of oxime groups is 1. The quantitative estimate of drug-likeness (QED) is 0.105. The molecule has 6 rings (SSSR count). The molecule has 2 saturated heterocycles. The predicted molar refractivity (Wildman–Crippen MR) is 158 cm³/mol. The lowest BCUT2D eigenvalue weighted by atomic mass is 9.80. The minimum atomic E-state index is -0.993. The number of ether oxygens (including phenoxy) is 5. The summed E-state index contributed by atoms with van der Waals surface area (Å²) in [6.45, 7) is 4.01. The van der Waals surface area contributed by atoms with Crippen molar-refractivity contribution in [1.82, 2.24) is 0 Å². The minimum Gasteiger partial charge on any atom is -0.411 e. The van der Waals surface area contributed by atoms with Gasteiger partial charge in [0.2, 0.25) is 0 Å². The Morgan fingerprint density at radius 1 is 0.738 bits per heavy atom.